The highest BCUT2D eigenvalue weighted by Crippen LogP contribution is 2.40. The fourth-order valence-corrected chi connectivity index (χ4v) is 2.50. The maximum Gasteiger partial charge on any atom is 0.201 e. The van der Waals surface area contributed by atoms with Crippen molar-refractivity contribution in [3.63, 3.8) is 0 Å². The molecule has 84 valence electrons. The Kier molecular flexibility index (Phi) is 2.11. The Balaban J connectivity index is 2.11. The highest BCUT2D eigenvalue weighted by molar-refractivity contribution is 6.35. The number of nitrogens with zero attached hydrogens (tertiary/aromatic N) is 2. The average Bonchev–Trinajstić information content (AvgIpc) is 2.81. The monoisotopic (exact) mass is 235 g/mol. The van der Waals surface area contributed by atoms with Crippen molar-refractivity contribution in [1.82, 2.24) is 9.55 Å². The van der Waals surface area contributed by atoms with Crippen LogP contribution in [0.4, 0.5) is 5.95 Å². The zero-order chi connectivity index (χ0) is 11.3. The van der Waals surface area contributed by atoms with E-state index >= 15 is 0 Å². The molecule has 0 amide bonds. The van der Waals surface area contributed by atoms with Crippen LogP contribution in [0.5, 0.6) is 0 Å². The molecule has 2 atom stereocenters. The van der Waals surface area contributed by atoms with Gasteiger partial charge in [-0.2, -0.15) is 0 Å². The summed E-state index contributed by atoms with van der Waals surface area (Å²) in [5, 5.41) is 0.731. The van der Waals surface area contributed by atoms with Gasteiger partial charge in [0, 0.05) is 6.54 Å². The minimum Gasteiger partial charge on any atom is -0.369 e. The number of hydrogen-bond acceptors (Lipinski definition) is 2. The number of nitrogen functional groups attached to an aromatic ring is 1. The third kappa shape index (κ3) is 1.47. The van der Waals surface area contributed by atoms with Crippen molar-refractivity contribution in [3.05, 3.63) is 23.2 Å². The predicted molar refractivity (Wildman–Crippen MR) is 66.4 cm³/mol. The number of rotatable bonds is 2. The first-order valence-corrected chi connectivity index (χ1v) is 5.95. The molecular weight excluding hydrogens is 222 g/mol. The molecule has 2 unspecified atom stereocenters. The molecule has 0 spiro atoms. The van der Waals surface area contributed by atoms with Crippen LogP contribution in [0.25, 0.3) is 11.0 Å². The molecule has 3 nitrogen and oxygen atoms in total. The van der Waals surface area contributed by atoms with Crippen LogP contribution in [0, 0.1) is 11.8 Å². The first-order chi connectivity index (χ1) is 7.66. The van der Waals surface area contributed by atoms with Gasteiger partial charge in [-0.05, 0) is 30.4 Å². The SMILES string of the molecule is CC1CC1Cn1c(N)nc2cccc(Cl)c21. The number of nitrogens with two attached hydrogens (primary N) is 1. The van der Waals surface area contributed by atoms with Crippen LogP contribution >= 0.6 is 11.6 Å². The van der Waals surface area contributed by atoms with Gasteiger partial charge in [0.2, 0.25) is 5.95 Å². The molecule has 1 aliphatic carbocycles. The topological polar surface area (TPSA) is 43.8 Å². The van der Waals surface area contributed by atoms with Gasteiger partial charge in [-0.1, -0.05) is 24.6 Å². The van der Waals surface area contributed by atoms with E-state index < -0.39 is 0 Å². The number of fused-ring (bicyclic) bond motifs is 1. The number of anilines is 1. The Morgan fingerprint density at radius 1 is 1.56 bits per heavy atom. The summed E-state index contributed by atoms with van der Waals surface area (Å²) < 4.78 is 2.05. The molecule has 3 rings (SSSR count). The highest BCUT2D eigenvalue weighted by atomic mass is 35.5. The minimum atomic E-state index is 0.571. The molecule has 1 aromatic heterocycles. The van der Waals surface area contributed by atoms with Crippen molar-refractivity contribution in [1.29, 1.82) is 0 Å². The zero-order valence-corrected chi connectivity index (χ0v) is 9.91. The normalized spacial score (nSPS) is 23.9. The molecule has 4 heteroatoms. The summed E-state index contributed by atoms with van der Waals surface area (Å²) in [5.41, 5.74) is 7.80. The van der Waals surface area contributed by atoms with Gasteiger partial charge in [0.1, 0.15) is 0 Å². The molecule has 1 saturated carbocycles. The van der Waals surface area contributed by atoms with Gasteiger partial charge in [-0.25, -0.2) is 4.98 Å². The largest absolute Gasteiger partial charge is 0.369 e. The zero-order valence-electron chi connectivity index (χ0n) is 9.15. The molecule has 0 saturated heterocycles. The lowest BCUT2D eigenvalue weighted by Gasteiger charge is -2.06. The lowest BCUT2D eigenvalue weighted by molar-refractivity contribution is 0.613. The number of halogens is 1. The van der Waals surface area contributed by atoms with Crippen LogP contribution in [0.1, 0.15) is 13.3 Å². The Morgan fingerprint density at radius 3 is 3.00 bits per heavy atom. The lowest BCUT2D eigenvalue weighted by atomic mass is 10.3. The second-order valence-electron chi connectivity index (χ2n) is 4.66. The van der Waals surface area contributed by atoms with Crippen molar-refractivity contribution in [3.8, 4) is 0 Å². The fraction of sp³-hybridized carbons (Fsp3) is 0.417. The Bertz CT molecular complexity index is 546. The van der Waals surface area contributed by atoms with E-state index in [1.54, 1.807) is 0 Å². The van der Waals surface area contributed by atoms with Crippen LogP contribution in [0.3, 0.4) is 0 Å². The molecule has 2 N–H and O–H groups in total. The lowest BCUT2D eigenvalue weighted by Crippen LogP contribution is -2.05. The maximum absolute atomic E-state index is 6.20. The molecule has 1 aliphatic rings. The van der Waals surface area contributed by atoms with E-state index in [1.165, 1.54) is 6.42 Å². The van der Waals surface area contributed by atoms with Gasteiger partial charge in [0.15, 0.2) is 0 Å². The smallest absolute Gasteiger partial charge is 0.201 e. The molecule has 1 aromatic carbocycles. The predicted octanol–water partition coefficient (Wildman–Crippen LogP) is 2.93. The summed E-state index contributed by atoms with van der Waals surface area (Å²) in [6.07, 6.45) is 1.28. The van der Waals surface area contributed by atoms with Gasteiger partial charge >= 0.3 is 0 Å². The van der Waals surface area contributed by atoms with Gasteiger partial charge in [-0.15, -0.1) is 0 Å². The summed E-state index contributed by atoms with van der Waals surface area (Å²) in [6, 6.07) is 5.74. The first-order valence-electron chi connectivity index (χ1n) is 5.57. The number of aromatic nitrogens is 2. The van der Waals surface area contributed by atoms with Crippen LogP contribution in [-0.4, -0.2) is 9.55 Å². The second-order valence-corrected chi connectivity index (χ2v) is 5.07. The van der Waals surface area contributed by atoms with E-state index in [0.717, 1.165) is 34.4 Å². The maximum atomic E-state index is 6.20. The van der Waals surface area contributed by atoms with E-state index in [9.17, 15) is 0 Å². The summed E-state index contributed by atoms with van der Waals surface area (Å²) >= 11 is 6.20. The van der Waals surface area contributed by atoms with E-state index in [-0.39, 0.29) is 0 Å². The first kappa shape index (κ1) is 9.97. The molecule has 0 bridgehead atoms. The number of hydrogen-bond donors (Lipinski definition) is 1. The standard InChI is InChI=1S/C12H14ClN3/c1-7-5-8(7)6-16-11-9(13)3-2-4-10(11)15-12(16)14/h2-4,7-8H,5-6H2,1H3,(H2,14,15). The van der Waals surface area contributed by atoms with Gasteiger partial charge in [-0.3, -0.25) is 0 Å². The van der Waals surface area contributed by atoms with Crippen molar-refractivity contribution < 1.29 is 0 Å². The molecule has 2 aromatic rings. The van der Waals surface area contributed by atoms with E-state index in [1.807, 2.05) is 22.8 Å². The van der Waals surface area contributed by atoms with Crippen LogP contribution in [0.15, 0.2) is 18.2 Å². The number of para-hydroxylation sites is 1. The Labute approximate surface area is 99.2 Å². The molecule has 1 fully saturated rings. The number of imidazole rings is 1. The summed E-state index contributed by atoms with van der Waals surface area (Å²) in [4.78, 5) is 4.34. The van der Waals surface area contributed by atoms with Gasteiger partial charge < -0.3 is 10.3 Å². The summed E-state index contributed by atoms with van der Waals surface area (Å²) in [5.74, 6) is 2.11. The van der Waals surface area contributed by atoms with E-state index in [0.29, 0.717) is 5.95 Å². The third-order valence-corrected chi connectivity index (χ3v) is 3.75. The van der Waals surface area contributed by atoms with Crippen molar-refractivity contribution in [2.24, 2.45) is 11.8 Å². The van der Waals surface area contributed by atoms with E-state index in [2.05, 4.69) is 11.9 Å². The average molecular weight is 236 g/mol. The highest BCUT2D eigenvalue weighted by Gasteiger charge is 2.33. The van der Waals surface area contributed by atoms with Crippen molar-refractivity contribution in [2.75, 3.05) is 5.73 Å². The molecular formula is C12H14ClN3. The van der Waals surface area contributed by atoms with Crippen molar-refractivity contribution in [2.45, 2.75) is 19.9 Å². The van der Waals surface area contributed by atoms with Crippen molar-refractivity contribution >= 4 is 28.6 Å². The molecule has 16 heavy (non-hydrogen) atoms. The number of benzene rings is 1. The second kappa shape index (κ2) is 3.39. The van der Waals surface area contributed by atoms with Gasteiger partial charge in [0.05, 0.1) is 16.1 Å². The Morgan fingerprint density at radius 2 is 2.31 bits per heavy atom. The molecule has 1 heterocycles. The fourth-order valence-electron chi connectivity index (χ4n) is 2.23. The quantitative estimate of drug-likeness (QED) is 0.870. The minimum absolute atomic E-state index is 0.571. The van der Waals surface area contributed by atoms with E-state index in [4.69, 9.17) is 17.3 Å². The van der Waals surface area contributed by atoms with Crippen LogP contribution < -0.4 is 5.73 Å². The van der Waals surface area contributed by atoms with Crippen LogP contribution in [-0.2, 0) is 6.54 Å². The summed E-state index contributed by atoms with van der Waals surface area (Å²) in [7, 11) is 0. The van der Waals surface area contributed by atoms with Gasteiger partial charge in [0.25, 0.3) is 0 Å². The summed E-state index contributed by atoms with van der Waals surface area (Å²) in [6.45, 7) is 3.20. The van der Waals surface area contributed by atoms with Crippen LogP contribution in [0.2, 0.25) is 5.02 Å². The molecule has 0 radical (unpaired) electrons. The third-order valence-electron chi connectivity index (χ3n) is 3.44. The Hall–Kier alpha value is -1.22. The molecule has 0 aliphatic heterocycles.